The molecule has 0 spiro atoms. The molecule has 0 saturated heterocycles. The van der Waals surface area contributed by atoms with Gasteiger partial charge in [-0.25, -0.2) is 0 Å². The van der Waals surface area contributed by atoms with E-state index >= 15 is 0 Å². The molecule has 0 fully saturated rings. The minimum atomic E-state index is 0.699. The van der Waals surface area contributed by atoms with E-state index < -0.39 is 0 Å². The average Bonchev–Trinajstić information content (AvgIpc) is 2.85. The van der Waals surface area contributed by atoms with E-state index in [0.717, 1.165) is 11.1 Å². The van der Waals surface area contributed by atoms with Crippen LogP contribution in [0, 0.1) is 13.8 Å². The number of hydrogen-bond acceptors (Lipinski definition) is 2. The van der Waals surface area contributed by atoms with Gasteiger partial charge in [-0.05, 0) is 37.1 Å². The van der Waals surface area contributed by atoms with Crippen molar-refractivity contribution in [1.29, 1.82) is 0 Å². The van der Waals surface area contributed by atoms with Crippen LogP contribution >= 0.6 is 0 Å². The molecule has 3 aromatic rings. The van der Waals surface area contributed by atoms with Gasteiger partial charge in [0.25, 0.3) is 0 Å². The van der Waals surface area contributed by atoms with E-state index in [1.807, 2.05) is 13.2 Å². The van der Waals surface area contributed by atoms with Crippen molar-refractivity contribution in [1.82, 2.24) is 14.3 Å². The molecule has 0 saturated carbocycles. The Labute approximate surface area is 112 Å². The lowest BCUT2D eigenvalue weighted by Crippen LogP contribution is -1.98. The summed E-state index contributed by atoms with van der Waals surface area (Å²) in [6.45, 7) is 4.31. The number of aromatic nitrogens is 3. The number of benzene rings is 1. The summed E-state index contributed by atoms with van der Waals surface area (Å²) in [5.41, 5.74) is 12.0. The Bertz CT molecular complexity index is 777. The number of nitrogens with zero attached hydrogens (tertiary/aromatic N) is 3. The van der Waals surface area contributed by atoms with Crippen LogP contribution < -0.4 is 5.73 Å². The molecule has 0 aliphatic carbocycles. The van der Waals surface area contributed by atoms with Gasteiger partial charge in [-0.2, -0.15) is 5.10 Å². The molecule has 2 N–H and O–H groups in total. The molecule has 0 radical (unpaired) electrons. The predicted molar refractivity (Wildman–Crippen MR) is 79.0 cm³/mol. The SMILES string of the molecule is Cc1c(C)n(C)c2ccc(-c3cnn(C)c3N)cc12. The Hall–Kier alpha value is -2.23. The summed E-state index contributed by atoms with van der Waals surface area (Å²) in [7, 11) is 3.96. The highest BCUT2D eigenvalue weighted by Crippen LogP contribution is 2.31. The van der Waals surface area contributed by atoms with Crippen molar-refractivity contribution in [2.45, 2.75) is 13.8 Å². The Balaban J connectivity index is 2.28. The lowest BCUT2D eigenvalue weighted by Gasteiger charge is -2.03. The van der Waals surface area contributed by atoms with E-state index in [9.17, 15) is 0 Å². The van der Waals surface area contributed by atoms with Crippen molar-refractivity contribution in [2.75, 3.05) is 5.73 Å². The molecule has 4 nitrogen and oxygen atoms in total. The molecule has 0 unspecified atom stereocenters. The zero-order valence-corrected chi connectivity index (χ0v) is 11.7. The molecule has 0 amide bonds. The number of hydrogen-bond donors (Lipinski definition) is 1. The number of anilines is 1. The maximum atomic E-state index is 6.05. The molecule has 98 valence electrons. The molecule has 19 heavy (non-hydrogen) atoms. The lowest BCUT2D eigenvalue weighted by atomic mass is 10.0. The van der Waals surface area contributed by atoms with Crippen molar-refractivity contribution in [2.24, 2.45) is 14.1 Å². The van der Waals surface area contributed by atoms with E-state index in [1.54, 1.807) is 4.68 Å². The standard InChI is InChI=1S/C15H18N4/c1-9-10(2)18(3)14-6-5-11(7-12(9)14)13-8-17-19(4)15(13)16/h5-8H,16H2,1-4H3. The normalized spacial score (nSPS) is 11.4. The lowest BCUT2D eigenvalue weighted by molar-refractivity contribution is 0.779. The van der Waals surface area contributed by atoms with Gasteiger partial charge in [-0.3, -0.25) is 4.68 Å². The van der Waals surface area contributed by atoms with Crippen LogP contribution in [0.15, 0.2) is 24.4 Å². The highest BCUT2D eigenvalue weighted by molar-refractivity contribution is 5.90. The fraction of sp³-hybridized carbons (Fsp3) is 0.267. The highest BCUT2D eigenvalue weighted by Gasteiger charge is 2.12. The van der Waals surface area contributed by atoms with Gasteiger partial charge in [0, 0.05) is 36.3 Å². The highest BCUT2D eigenvalue weighted by atomic mass is 15.3. The van der Waals surface area contributed by atoms with Crippen molar-refractivity contribution in [3.8, 4) is 11.1 Å². The molecule has 4 heteroatoms. The van der Waals surface area contributed by atoms with E-state index in [4.69, 9.17) is 5.73 Å². The first-order valence-electron chi connectivity index (χ1n) is 6.34. The quantitative estimate of drug-likeness (QED) is 0.726. The van der Waals surface area contributed by atoms with E-state index in [2.05, 4.69) is 48.8 Å². The summed E-state index contributed by atoms with van der Waals surface area (Å²) in [4.78, 5) is 0. The second-order valence-corrected chi connectivity index (χ2v) is 5.07. The number of nitrogen functional groups attached to an aromatic ring is 1. The van der Waals surface area contributed by atoms with Crippen molar-refractivity contribution >= 4 is 16.7 Å². The largest absolute Gasteiger partial charge is 0.383 e. The van der Waals surface area contributed by atoms with Gasteiger partial charge in [0.1, 0.15) is 5.82 Å². The Morgan fingerprint density at radius 1 is 1.16 bits per heavy atom. The van der Waals surface area contributed by atoms with Gasteiger partial charge in [-0.1, -0.05) is 6.07 Å². The third-order valence-corrected chi connectivity index (χ3v) is 4.10. The molecule has 0 atom stereocenters. The Kier molecular flexibility index (Phi) is 2.42. The van der Waals surface area contributed by atoms with Crippen molar-refractivity contribution < 1.29 is 0 Å². The molecule has 2 heterocycles. The number of rotatable bonds is 1. The summed E-state index contributed by atoms with van der Waals surface area (Å²) in [6, 6.07) is 6.46. The topological polar surface area (TPSA) is 48.8 Å². The van der Waals surface area contributed by atoms with Crippen LogP contribution in [0.5, 0.6) is 0 Å². The van der Waals surface area contributed by atoms with Crippen LogP contribution in [0.3, 0.4) is 0 Å². The van der Waals surface area contributed by atoms with Crippen LogP contribution in [0.2, 0.25) is 0 Å². The summed E-state index contributed by atoms with van der Waals surface area (Å²) in [5.74, 6) is 0.699. The second kappa shape index (κ2) is 3.88. The van der Waals surface area contributed by atoms with Gasteiger partial charge < -0.3 is 10.3 Å². The number of nitrogens with two attached hydrogens (primary N) is 1. The van der Waals surface area contributed by atoms with Gasteiger partial charge in [-0.15, -0.1) is 0 Å². The second-order valence-electron chi connectivity index (χ2n) is 5.07. The average molecular weight is 254 g/mol. The van der Waals surface area contributed by atoms with Gasteiger partial charge in [0.2, 0.25) is 0 Å². The molecule has 2 aromatic heterocycles. The zero-order chi connectivity index (χ0) is 13.7. The van der Waals surface area contributed by atoms with Crippen LogP contribution in [0.4, 0.5) is 5.82 Å². The van der Waals surface area contributed by atoms with Crippen LogP contribution in [-0.2, 0) is 14.1 Å². The van der Waals surface area contributed by atoms with Crippen LogP contribution in [0.1, 0.15) is 11.3 Å². The summed E-state index contributed by atoms with van der Waals surface area (Å²) < 4.78 is 3.92. The fourth-order valence-electron chi connectivity index (χ4n) is 2.59. The molecular weight excluding hydrogens is 236 g/mol. The molecule has 3 rings (SSSR count). The summed E-state index contributed by atoms with van der Waals surface area (Å²) >= 11 is 0. The van der Waals surface area contributed by atoms with Crippen molar-refractivity contribution in [3.05, 3.63) is 35.7 Å². The first-order chi connectivity index (χ1) is 9.00. The van der Waals surface area contributed by atoms with Gasteiger partial charge >= 0.3 is 0 Å². The molecule has 0 bridgehead atoms. The first kappa shape index (κ1) is 11.8. The Morgan fingerprint density at radius 2 is 1.89 bits per heavy atom. The van der Waals surface area contributed by atoms with Gasteiger partial charge in [0.05, 0.1) is 6.20 Å². The number of aryl methyl sites for hydroxylation is 3. The molecule has 1 aromatic carbocycles. The fourth-order valence-corrected chi connectivity index (χ4v) is 2.59. The molecule has 0 aliphatic heterocycles. The van der Waals surface area contributed by atoms with Crippen LogP contribution in [-0.4, -0.2) is 14.3 Å². The van der Waals surface area contributed by atoms with E-state index in [-0.39, 0.29) is 0 Å². The minimum absolute atomic E-state index is 0.699. The maximum Gasteiger partial charge on any atom is 0.129 e. The Morgan fingerprint density at radius 3 is 2.53 bits per heavy atom. The van der Waals surface area contributed by atoms with Gasteiger partial charge in [0.15, 0.2) is 0 Å². The van der Waals surface area contributed by atoms with Crippen LogP contribution in [0.25, 0.3) is 22.0 Å². The molecular formula is C15H18N4. The third-order valence-electron chi connectivity index (χ3n) is 4.10. The maximum absolute atomic E-state index is 6.05. The predicted octanol–water partition coefficient (Wildman–Crippen LogP) is 2.78. The summed E-state index contributed by atoms with van der Waals surface area (Å²) in [5, 5.41) is 5.48. The third kappa shape index (κ3) is 1.56. The minimum Gasteiger partial charge on any atom is -0.383 e. The van der Waals surface area contributed by atoms with Crippen molar-refractivity contribution in [3.63, 3.8) is 0 Å². The summed E-state index contributed by atoms with van der Waals surface area (Å²) in [6.07, 6.45) is 1.82. The monoisotopic (exact) mass is 254 g/mol. The van der Waals surface area contributed by atoms with E-state index in [0.29, 0.717) is 5.82 Å². The molecule has 0 aliphatic rings. The number of fused-ring (bicyclic) bond motifs is 1. The zero-order valence-electron chi connectivity index (χ0n) is 11.7. The smallest absolute Gasteiger partial charge is 0.129 e. The first-order valence-corrected chi connectivity index (χ1v) is 6.34. The van der Waals surface area contributed by atoms with E-state index in [1.165, 1.54) is 22.2 Å².